The van der Waals surface area contributed by atoms with Crippen molar-refractivity contribution in [3.8, 4) is 0 Å². The van der Waals surface area contributed by atoms with Crippen LogP contribution in [-0.2, 0) is 14.3 Å². The van der Waals surface area contributed by atoms with E-state index in [4.69, 9.17) is 4.74 Å². The van der Waals surface area contributed by atoms with Gasteiger partial charge in [0.1, 0.15) is 0 Å². The van der Waals surface area contributed by atoms with Gasteiger partial charge in [-0.3, -0.25) is 9.59 Å². The molecule has 6 heteroatoms. The van der Waals surface area contributed by atoms with E-state index in [9.17, 15) is 19.8 Å². The van der Waals surface area contributed by atoms with E-state index in [1.807, 2.05) is 6.08 Å². The molecule has 0 aromatic rings. The highest BCUT2D eigenvalue weighted by Gasteiger charge is 2.18. The minimum Gasteiger partial charge on any atom is -0.466 e. The summed E-state index contributed by atoms with van der Waals surface area (Å²) in [7, 11) is 0. The fourth-order valence-corrected chi connectivity index (χ4v) is 9.74. The predicted octanol–water partition coefficient (Wildman–Crippen LogP) is 20.0. The number of amides is 1. The van der Waals surface area contributed by atoms with Crippen LogP contribution in [0.2, 0.25) is 0 Å². The zero-order valence-electron chi connectivity index (χ0n) is 47.7. The van der Waals surface area contributed by atoms with Crippen LogP contribution in [0.25, 0.3) is 0 Å². The number of rotatable bonds is 59. The highest BCUT2D eigenvalue weighted by atomic mass is 16.5. The van der Waals surface area contributed by atoms with Gasteiger partial charge in [0.25, 0.3) is 0 Å². The first-order chi connectivity index (χ1) is 35.0. The highest BCUT2D eigenvalue weighted by Crippen LogP contribution is 2.17. The zero-order chi connectivity index (χ0) is 51.4. The molecule has 0 aromatic heterocycles. The van der Waals surface area contributed by atoms with Crippen molar-refractivity contribution in [3.05, 3.63) is 36.5 Å². The predicted molar refractivity (Wildman–Crippen MR) is 310 cm³/mol. The van der Waals surface area contributed by atoms with E-state index in [0.29, 0.717) is 19.4 Å². The van der Waals surface area contributed by atoms with Crippen LogP contribution in [0.5, 0.6) is 0 Å². The van der Waals surface area contributed by atoms with E-state index in [2.05, 4.69) is 43.5 Å². The Balaban J connectivity index is 3.42. The molecule has 3 N–H and O–H groups in total. The number of carbonyl (C=O) groups is 2. The summed E-state index contributed by atoms with van der Waals surface area (Å²) >= 11 is 0. The second kappa shape index (κ2) is 60.6. The third kappa shape index (κ3) is 57.2. The van der Waals surface area contributed by atoms with Crippen molar-refractivity contribution in [3.63, 3.8) is 0 Å². The largest absolute Gasteiger partial charge is 0.466 e. The van der Waals surface area contributed by atoms with Crippen molar-refractivity contribution in [2.24, 2.45) is 0 Å². The first kappa shape index (κ1) is 69.1. The van der Waals surface area contributed by atoms with Crippen molar-refractivity contribution in [2.45, 2.75) is 353 Å². The number of carbonyl (C=O) groups excluding carboxylic acids is 2. The zero-order valence-corrected chi connectivity index (χ0v) is 47.7. The molecule has 0 aliphatic rings. The van der Waals surface area contributed by atoms with Crippen LogP contribution in [0.3, 0.4) is 0 Å². The molecule has 0 saturated heterocycles. The van der Waals surface area contributed by atoms with Gasteiger partial charge >= 0.3 is 5.97 Å². The molecule has 0 aliphatic heterocycles. The Labute approximate surface area is 443 Å². The van der Waals surface area contributed by atoms with Gasteiger partial charge < -0.3 is 20.3 Å². The van der Waals surface area contributed by atoms with Crippen LogP contribution in [0, 0.1) is 0 Å². The number of aliphatic hydroxyl groups excluding tert-OH is 2. The van der Waals surface area contributed by atoms with Crippen LogP contribution in [0.1, 0.15) is 341 Å². The lowest BCUT2D eigenvalue weighted by Gasteiger charge is -2.20. The molecule has 0 heterocycles. The maximum absolute atomic E-state index is 12.5. The fourth-order valence-electron chi connectivity index (χ4n) is 9.74. The summed E-state index contributed by atoms with van der Waals surface area (Å²) in [5, 5.41) is 23.1. The van der Waals surface area contributed by atoms with Gasteiger partial charge in [0.05, 0.1) is 25.4 Å². The van der Waals surface area contributed by atoms with Crippen LogP contribution >= 0.6 is 0 Å². The van der Waals surface area contributed by atoms with Crippen LogP contribution in [-0.4, -0.2) is 47.4 Å². The summed E-state index contributed by atoms with van der Waals surface area (Å²) in [6.07, 6.45) is 76.2. The molecule has 0 saturated carbocycles. The standard InChI is InChI=1S/C65H123NO5/c1-3-5-7-9-11-13-15-17-19-20-28-31-35-39-43-47-51-55-59-65(70)71-60-56-52-48-44-40-36-32-29-26-24-22-21-23-25-27-30-34-38-42-46-50-54-58-64(69)66-62(61-67)63(68)57-53-49-45-41-37-33-18-16-14-12-10-8-6-4-2/h19-20,23,25,53,57,62-63,67-68H,3-18,21-22,24,26-52,54-56,58-61H2,1-2H3,(H,66,69)/b20-19-,25-23-,57-53+. The van der Waals surface area contributed by atoms with Crippen LogP contribution in [0.15, 0.2) is 36.5 Å². The van der Waals surface area contributed by atoms with Gasteiger partial charge in [0, 0.05) is 12.8 Å². The smallest absolute Gasteiger partial charge is 0.305 e. The van der Waals surface area contributed by atoms with Crippen molar-refractivity contribution >= 4 is 11.9 Å². The van der Waals surface area contributed by atoms with E-state index >= 15 is 0 Å². The molecule has 2 unspecified atom stereocenters. The Morgan fingerprint density at radius 2 is 0.662 bits per heavy atom. The second-order valence-corrected chi connectivity index (χ2v) is 21.7. The molecule has 0 spiro atoms. The lowest BCUT2D eigenvalue weighted by atomic mass is 10.0. The fraction of sp³-hybridized carbons (Fsp3) is 0.877. The van der Waals surface area contributed by atoms with Gasteiger partial charge in [-0.2, -0.15) is 0 Å². The topological polar surface area (TPSA) is 95.9 Å². The van der Waals surface area contributed by atoms with Gasteiger partial charge in [0.2, 0.25) is 5.91 Å². The summed E-state index contributed by atoms with van der Waals surface area (Å²) in [5.74, 6) is -0.0678. The first-order valence-electron chi connectivity index (χ1n) is 31.8. The molecule has 2 atom stereocenters. The Kier molecular flexibility index (Phi) is 59.0. The average molecular weight is 999 g/mol. The number of aliphatic hydroxyl groups is 2. The lowest BCUT2D eigenvalue weighted by Crippen LogP contribution is -2.45. The molecule has 6 nitrogen and oxygen atoms in total. The van der Waals surface area contributed by atoms with E-state index in [-0.39, 0.29) is 18.5 Å². The maximum atomic E-state index is 12.5. The SMILES string of the molecule is CCCCCCCCC/C=C\CCCCCCCCCC(=O)OCCCCCCCCCCCCC/C=C\CCCCCCCCCC(=O)NC(CO)C(O)/C=C/CCCCCCCCCCCCCC. The Bertz CT molecular complexity index is 1150. The molecule has 418 valence electrons. The van der Waals surface area contributed by atoms with Gasteiger partial charge in [-0.25, -0.2) is 0 Å². The van der Waals surface area contributed by atoms with Crippen molar-refractivity contribution in [2.75, 3.05) is 13.2 Å². The normalized spacial score (nSPS) is 12.8. The van der Waals surface area contributed by atoms with Crippen molar-refractivity contribution in [1.29, 1.82) is 0 Å². The number of allylic oxidation sites excluding steroid dienone is 5. The van der Waals surface area contributed by atoms with E-state index < -0.39 is 12.1 Å². The van der Waals surface area contributed by atoms with Gasteiger partial charge in [-0.1, -0.05) is 281 Å². The quantitative estimate of drug-likeness (QED) is 0.0321. The van der Waals surface area contributed by atoms with E-state index in [0.717, 1.165) is 51.4 Å². The second-order valence-electron chi connectivity index (χ2n) is 21.7. The third-order valence-corrected chi connectivity index (χ3v) is 14.6. The van der Waals surface area contributed by atoms with Crippen molar-refractivity contribution < 1.29 is 24.5 Å². The molecular weight excluding hydrogens is 875 g/mol. The molecule has 71 heavy (non-hydrogen) atoms. The molecule has 1 amide bonds. The monoisotopic (exact) mass is 998 g/mol. The van der Waals surface area contributed by atoms with E-state index in [1.54, 1.807) is 6.08 Å². The summed E-state index contributed by atoms with van der Waals surface area (Å²) in [6.45, 7) is 4.91. The first-order valence-corrected chi connectivity index (χ1v) is 31.8. The summed E-state index contributed by atoms with van der Waals surface area (Å²) in [6, 6.07) is -0.633. The number of hydrogen-bond acceptors (Lipinski definition) is 5. The molecule has 0 aliphatic carbocycles. The number of esters is 1. The lowest BCUT2D eigenvalue weighted by molar-refractivity contribution is -0.143. The molecule has 0 fully saturated rings. The summed E-state index contributed by atoms with van der Waals surface area (Å²) < 4.78 is 5.49. The average Bonchev–Trinajstić information content (AvgIpc) is 3.37. The number of ether oxygens (including phenoxy) is 1. The minimum atomic E-state index is -0.849. The highest BCUT2D eigenvalue weighted by molar-refractivity contribution is 5.76. The van der Waals surface area contributed by atoms with E-state index in [1.165, 1.54) is 263 Å². The molecular formula is C65H123NO5. The molecule has 0 radical (unpaired) electrons. The van der Waals surface area contributed by atoms with Gasteiger partial charge in [-0.15, -0.1) is 0 Å². The third-order valence-electron chi connectivity index (χ3n) is 14.6. The minimum absolute atomic E-state index is 0.00655. The Hall–Kier alpha value is -1.92. The maximum Gasteiger partial charge on any atom is 0.305 e. The van der Waals surface area contributed by atoms with Crippen LogP contribution < -0.4 is 5.32 Å². The summed E-state index contributed by atoms with van der Waals surface area (Å²) in [5.41, 5.74) is 0. The number of hydrogen-bond donors (Lipinski definition) is 3. The Morgan fingerprint density at radius 1 is 0.380 bits per heavy atom. The summed E-state index contributed by atoms with van der Waals surface area (Å²) in [4.78, 5) is 24.5. The van der Waals surface area contributed by atoms with Gasteiger partial charge in [-0.05, 0) is 83.5 Å². The Morgan fingerprint density at radius 3 is 1.00 bits per heavy atom. The van der Waals surface area contributed by atoms with Gasteiger partial charge in [0.15, 0.2) is 0 Å². The van der Waals surface area contributed by atoms with Crippen LogP contribution in [0.4, 0.5) is 0 Å². The number of unbranched alkanes of at least 4 members (excludes halogenated alkanes) is 44. The molecule has 0 aromatic carbocycles. The number of nitrogens with one attached hydrogen (secondary N) is 1. The molecule has 0 bridgehead atoms. The molecule has 0 rings (SSSR count). The van der Waals surface area contributed by atoms with Crippen molar-refractivity contribution in [1.82, 2.24) is 5.32 Å².